The van der Waals surface area contributed by atoms with E-state index in [1.54, 1.807) is 11.9 Å². The molecule has 1 aromatic rings. The lowest BCUT2D eigenvalue weighted by Crippen LogP contribution is -2.53. The summed E-state index contributed by atoms with van der Waals surface area (Å²) in [5.41, 5.74) is 3.58. The highest BCUT2D eigenvalue weighted by atomic mass is 19.3. The summed E-state index contributed by atoms with van der Waals surface area (Å²) in [6, 6.07) is 6.33. The number of hydrogen-bond acceptors (Lipinski definition) is 4. The molecule has 1 heterocycles. The van der Waals surface area contributed by atoms with Crippen molar-refractivity contribution in [1.29, 1.82) is 0 Å². The molecule has 0 unspecified atom stereocenters. The van der Waals surface area contributed by atoms with Crippen molar-refractivity contribution in [2.24, 2.45) is 10.1 Å². The van der Waals surface area contributed by atoms with Crippen LogP contribution in [0.5, 0.6) is 0 Å². The maximum absolute atomic E-state index is 11.7. The fourth-order valence-corrected chi connectivity index (χ4v) is 2.60. The molecule has 0 spiro atoms. The fraction of sp³-hybridized carbons (Fsp3) is 0.429. The van der Waals surface area contributed by atoms with Gasteiger partial charge in [0.1, 0.15) is 11.6 Å². The Morgan fingerprint density at radius 3 is 2.10 bits per heavy atom. The lowest BCUT2D eigenvalue weighted by molar-refractivity contribution is -0.119. The number of rotatable bonds is 5. The highest BCUT2D eigenvalue weighted by Gasteiger charge is 2.41. The number of hydrazone groups is 1. The third kappa shape index (κ3) is 10.5. The quantitative estimate of drug-likeness (QED) is 0.247. The van der Waals surface area contributed by atoms with Crippen LogP contribution in [0.15, 0.2) is 52.9 Å². The molecule has 0 radical (unpaired) electrons. The molecule has 1 N–H and O–H groups in total. The van der Waals surface area contributed by atoms with Crippen molar-refractivity contribution in [1.82, 2.24) is 9.91 Å². The Hall–Kier alpha value is -2.61. The van der Waals surface area contributed by atoms with Crippen molar-refractivity contribution in [3.05, 3.63) is 59.5 Å². The highest BCUT2D eigenvalue weighted by Crippen LogP contribution is 2.24. The molecule has 5 nitrogen and oxygen atoms in total. The lowest BCUT2D eigenvalue weighted by atomic mass is 10.1. The van der Waals surface area contributed by atoms with Crippen LogP contribution >= 0.6 is 0 Å². The molecule has 0 bridgehead atoms. The molecule has 0 aromatic heterocycles. The number of nitrogens with zero attached hydrogens (tertiary/aromatic N) is 4. The number of halogens is 3. The van der Waals surface area contributed by atoms with E-state index < -0.39 is 5.92 Å². The van der Waals surface area contributed by atoms with Gasteiger partial charge in [0.05, 0.1) is 33.0 Å². The van der Waals surface area contributed by atoms with Crippen molar-refractivity contribution < 1.29 is 18.3 Å². The number of alkyl halides is 3. The van der Waals surface area contributed by atoms with Gasteiger partial charge in [0, 0.05) is 6.72 Å². The smallest absolute Gasteiger partial charge is 0.272 e. The van der Waals surface area contributed by atoms with Crippen molar-refractivity contribution in [2.45, 2.75) is 33.2 Å². The van der Waals surface area contributed by atoms with E-state index >= 15 is 0 Å². The second-order valence-corrected chi connectivity index (χ2v) is 6.63. The van der Waals surface area contributed by atoms with Crippen LogP contribution in [0.2, 0.25) is 0 Å². The summed E-state index contributed by atoms with van der Waals surface area (Å²) < 4.78 is 33.0. The van der Waals surface area contributed by atoms with Crippen LogP contribution in [0.4, 0.5) is 13.2 Å². The number of benzene rings is 1. The normalized spacial score (nSPS) is 15.7. The first-order valence-electron chi connectivity index (χ1n) is 8.88. The summed E-state index contributed by atoms with van der Waals surface area (Å²) in [6.07, 6.45) is 2.75. The first-order valence-corrected chi connectivity index (χ1v) is 8.88. The van der Waals surface area contributed by atoms with Gasteiger partial charge in [-0.3, -0.25) is 14.3 Å². The topological polar surface area (TPSA) is 51.4 Å². The number of amidine groups is 1. The number of aliphatic hydroxyl groups is 1. The average Bonchev–Trinajstić information content (AvgIpc) is 2.63. The second-order valence-electron chi connectivity index (χ2n) is 6.63. The van der Waals surface area contributed by atoms with E-state index in [4.69, 9.17) is 0 Å². The van der Waals surface area contributed by atoms with E-state index in [2.05, 4.69) is 55.4 Å². The monoisotopic (exact) mass is 412 g/mol. The Balaban J connectivity index is 0.000000722. The SMILES string of the molecule is C=C/C(O)=C\N(N=C)C(C)=NCc1cc(C)cc(C)c1.CF.CN1CC(F)(F)C1. The largest absolute Gasteiger partial charge is 0.506 e. The third-order valence-corrected chi connectivity index (χ3v) is 3.72. The van der Waals surface area contributed by atoms with E-state index in [9.17, 15) is 18.3 Å². The zero-order valence-corrected chi connectivity index (χ0v) is 17.8. The number of aliphatic imine (C=N–C) groups is 1. The lowest BCUT2D eigenvalue weighted by Gasteiger charge is -2.35. The van der Waals surface area contributed by atoms with Gasteiger partial charge in [0.25, 0.3) is 5.92 Å². The van der Waals surface area contributed by atoms with Crippen molar-refractivity contribution >= 4 is 12.6 Å². The fourth-order valence-electron chi connectivity index (χ4n) is 2.60. The van der Waals surface area contributed by atoms with Crippen LogP contribution < -0.4 is 0 Å². The van der Waals surface area contributed by atoms with E-state index in [0.717, 1.165) is 5.56 Å². The van der Waals surface area contributed by atoms with Gasteiger partial charge in [-0.1, -0.05) is 35.9 Å². The van der Waals surface area contributed by atoms with Crippen LogP contribution in [0.25, 0.3) is 0 Å². The van der Waals surface area contributed by atoms with Crippen molar-refractivity contribution in [3.63, 3.8) is 0 Å². The second kappa shape index (κ2) is 12.8. The molecule has 162 valence electrons. The number of hydrogen-bond donors (Lipinski definition) is 1. The van der Waals surface area contributed by atoms with E-state index in [1.807, 2.05) is 6.92 Å². The average molecular weight is 413 g/mol. The molecule has 1 aliphatic rings. The zero-order valence-electron chi connectivity index (χ0n) is 17.8. The molecular formula is C21H31F3N4O. The summed E-state index contributed by atoms with van der Waals surface area (Å²) in [4.78, 5) is 6.04. The minimum Gasteiger partial charge on any atom is -0.506 e. The van der Waals surface area contributed by atoms with Gasteiger partial charge < -0.3 is 5.11 Å². The number of allylic oxidation sites excluding steroid dienone is 1. The number of aliphatic hydroxyl groups excluding tert-OH is 1. The molecule has 2 rings (SSSR count). The van der Waals surface area contributed by atoms with Gasteiger partial charge in [0.15, 0.2) is 0 Å². The summed E-state index contributed by atoms with van der Waals surface area (Å²) in [6.45, 7) is 13.3. The van der Waals surface area contributed by atoms with E-state index in [1.165, 1.54) is 28.4 Å². The Kier molecular flexibility index (Phi) is 11.6. The first-order chi connectivity index (χ1) is 13.6. The van der Waals surface area contributed by atoms with E-state index in [-0.39, 0.29) is 18.8 Å². The van der Waals surface area contributed by atoms with Gasteiger partial charge >= 0.3 is 0 Å². The molecule has 0 amide bonds. The Morgan fingerprint density at radius 2 is 1.76 bits per heavy atom. The highest BCUT2D eigenvalue weighted by molar-refractivity contribution is 5.80. The van der Waals surface area contributed by atoms with Gasteiger partial charge in [-0.25, -0.2) is 13.8 Å². The van der Waals surface area contributed by atoms with E-state index in [0.29, 0.717) is 19.6 Å². The number of likely N-dealkylation sites (tertiary alicyclic amines) is 1. The summed E-state index contributed by atoms with van der Waals surface area (Å²) in [5.74, 6) is -1.72. The van der Waals surface area contributed by atoms with Crippen LogP contribution in [-0.4, -0.2) is 60.8 Å². The molecule has 1 aliphatic heterocycles. The first kappa shape index (κ1) is 26.4. The maximum atomic E-state index is 11.7. The molecule has 1 fully saturated rings. The summed E-state index contributed by atoms with van der Waals surface area (Å²) >= 11 is 0. The predicted molar refractivity (Wildman–Crippen MR) is 115 cm³/mol. The zero-order chi connectivity index (χ0) is 22.6. The molecule has 1 saturated heterocycles. The Bertz CT molecular complexity index is 704. The Morgan fingerprint density at radius 1 is 1.24 bits per heavy atom. The Labute approximate surface area is 171 Å². The van der Waals surface area contributed by atoms with Gasteiger partial charge in [-0.05, 0) is 39.5 Å². The minimum atomic E-state index is -2.38. The summed E-state index contributed by atoms with van der Waals surface area (Å²) in [7, 11) is 2.18. The molecule has 0 saturated carbocycles. The molecule has 0 aliphatic carbocycles. The van der Waals surface area contributed by atoms with Gasteiger partial charge in [-0.15, -0.1) is 0 Å². The van der Waals surface area contributed by atoms with Gasteiger partial charge in [-0.2, -0.15) is 5.10 Å². The van der Waals surface area contributed by atoms with Crippen molar-refractivity contribution in [2.75, 3.05) is 27.3 Å². The molecule has 0 atom stereocenters. The standard InChI is InChI=1S/C16H21N3O.C4H7F2N.CH3F/c1-6-16(20)11-19(17-5)14(4)18-10-15-8-12(2)7-13(3)9-15;1-7-2-4(5,6)3-7;1-2/h6-9,11,20H,1,5,10H2,2-4H3;2-3H2,1H3;1H3/b16-11+,18-14?;;. The summed E-state index contributed by atoms with van der Waals surface area (Å²) in [5, 5.41) is 14.6. The van der Waals surface area contributed by atoms with Crippen LogP contribution in [0.3, 0.4) is 0 Å². The van der Waals surface area contributed by atoms with Gasteiger partial charge in [0.2, 0.25) is 0 Å². The molecule has 1 aromatic carbocycles. The van der Waals surface area contributed by atoms with Crippen LogP contribution in [0.1, 0.15) is 23.6 Å². The van der Waals surface area contributed by atoms with Crippen molar-refractivity contribution in [3.8, 4) is 0 Å². The predicted octanol–water partition coefficient (Wildman–Crippen LogP) is 4.88. The molecule has 29 heavy (non-hydrogen) atoms. The molecular weight excluding hydrogens is 381 g/mol. The maximum Gasteiger partial charge on any atom is 0.272 e. The third-order valence-electron chi connectivity index (χ3n) is 3.72. The van der Waals surface area contributed by atoms with Crippen LogP contribution in [0, 0.1) is 13.8 Å². The van der Waals surface area contributed by atoms with Crippen LogP contribution in [-0.2, 0) is 6.54 Å². The minimum absolute atomic E-state index is 0.0124. The molecule has 8 heteroatoms. The number of aryl methyl sites for hydroxylation is 2.